The van der Waals surface area contributed by atoms with Gasteiger partial charge in [-0.2, -0.15) is 4.91 Å². The first kappa shape index (κ1) is 25.8. The molecule has 0 aliphatic heterocycles. The van der Waals surface area contributed by atoms with E-state index in [1.807, 2.05) is 0 Å². The van der Waals surface area contributed by atoms with E-state index in [1.54, 1.807) is 22.7 Å². The number of azide groups is 2. The van der Waals surface area contributed by atoms with Crippen LogP contribution >= 0.6 is 0 Å². The smallest absolute Gasteiger partial charge is 0.287 e. The highest BCUT2D eigenvalue weighted by Gasteiger charge is 2.28. The summed E-state index contributed by atoms with van der Waals surface area (Å²) in [5, 5.41) is 10.9. The first-order chi connectivity index (χ1) is 17.1. The van der Waals surface area contributed by atoms with Crippen molar-refractivity contribution >= 4 is 11.6 Å². The van der Waals surface area contributed by atoms with Crippen molar-refractivity contribution in [3.63, 3.8) is 0 Å². The van der Waals surface area contributed by atoms with Crippen LogP contribution in [0.4, 0.5) is 0 Å². The van der Waals surface area contributed by atoms with Gasteiger partial charge in [0.2, 0.25) is 0 Å². The topological polar surface area (TPSA) is 200 Å². The molecule has 2 N–H and O–H groups in total. The molecule has 2 heterocycles. The number of imidazole rings is 1. The summed E-state index contributed by atoms with van der Waals surface area (Å²) in [6, 6.07) is 2.81. The summed E-state index contributed by atoms with van der Waals surface area (Å²) in [5.74, 6) is 6.53. The van der Waals surface area contributed by atoms with Crippen LogP contribution in [0.2, 0.25) is 0 Å². The maximum Gasteiger partial charge on any atom is 0.287 e. The summed E-state index contributed by atoms with van der Waals surface area (Å²) in [6.07, 6.45) is 8.28. The molecule has 0 radical (unpaired) electrons. The molecule has 186 valence electrons. The molecule has 35 heavy (non-hydrogen) atoms. The Kier molecular flexibility index (Phi) is 9.67. The number of hydrogen-bond donors (Lipinski definition) is 1. The average Bonchev–Trinajstić information content (AvgIpc) is 3.26. The van der Waals surface area contributed by atoms with E-state index in [2.05, 4.69) is 30.2 Å². The third-order valence-electron chi connectivity index (χ3n) is 6.14. The summed E-state index contributed by atoms with van der Waals surface area (Å²) in [5.41, 5.74) is 18.0. The van der Waals surface area contributed by atoms with Gasteiger partial charge < -0.3 is 4.74 Å². The fraction of sp³-hybridized carbons (Fsp3) is 0.619. The second-order valence-corrected chi connectivity index (χ2v) is 8.45. The lowest BCUT2D eigenvalue weighted by Gasteiger charge is -2.25. The monoisotopic (exact) mass is 483 g/mol. The van der Waals surface area contributed by atoms with Crippen LogP contribution in [0.25, 0.3) is 26.5 Å². The Bertz CT molecular complexity index is 1120. The lowest BCUT2D eigenvalue weighted by atomic mass is 9.90. The van der Waals surface area contributed by atoms with Gasteiger partial charge >= 0.3 is 0 Å². The zero-order chi connectivity index (χ0) is 25.0. The number of carbonyl (C=O) groups is 1. The van der Waals surface area contributed by atoms with E-state index < -0.39 is 11.9 Å². The number of hydrogen-bond acceptors (Lipinski definition) is 8. The number of nitroso groups, excluding NO2 is 1. The van der Waals surface area contributed by atoms with Gasteiger partial charge in [-0.25, -0.2) is 10.8 Å². The summed E-state index contributed by atoms with van der Waals surface area (Å²) >= 11 is 0. The zero-order valence-electron chi connectivity index (χ0n) is 19.4. The van der Waals surface area contributed by atoms with Crippen molar-refractivity contribution < 1.29 is 9.53 Å². The molecule has 0 aromatic carbocycles. The number of carbonyl (C=O) groups excluding carboxylic acids is 1. The predicted molar refractivity (Wildman–Crippen MR) is 128 cm³/mol. The highest BCUT2D eigenvalue weighted by molar-refractivity contribution is 5.95. The summed E-state index contributed by atoms with van der Waals surface area (Å²) in [7, 11) is 0. The highest BCUT2D eigenvalue weighted by Crippen LogP contribution is 2.28. The van der Waals surface area contributed by atoms with E-state index in [1.165, 1.54) is 19.3 Å². The van der Waals surface area contributed by atoms with Crippen LogP contribution in [-0.2, 0) is 6.54 Å². The molecule has 1 fully saturated rings. The van der Waals surface area contributed by atoms with Crippen LogP contribution < -0.4 is 10.6 Å². The lowest BCUT2D eigenvalue weighted by Crippen LogP contribution is -2.47. The summed E-state index contributed by atoms with van der Waals surface area (Å²) < 4.78 is 7.66. The molecule has 2 aromatic heterocycles. The number of nitrogens with two attached hydrogens (primary N) is 1. The second-order valence-electron chi connectivity index (χ2n) is 8.45. The van der Waals surface area contributed by atoms with Gasteiger partial charge in [-0.3, -0.25) is 14.2 Å². The van der Waals surface area contributed by atoms with Gasteiger partial charge in [0.25, 0.3) is 5.91 Å². The van der Waals surface area contributed by atoms with Crippen LogP contribution in [0, 0.1) is 10.8 Å². The van der Waals surface area contributed by atoms with Gasteiger partial charge in [-0.1, -0.05) is 34.7 Å². The number of aromatic nitrogens is 2. The summed E-state index contributed by atoms with van der Waals surface area (Å²) in [6.45, 7) is 0.370. The first-order valence-corrected chi connectivity index (χ1v) is 11.6. The van der Waals surface area contributed by atoms with Crippen molar-refractivity contribution in [2.45, 2.75) is 57.5 Å². The molecule has 0 spiro atoms. The van der Waals surface area contributed by atoms with Gasteiger partial charge in [0, 0.05) is 22.6 Å². The first-order valence-electron chi connectivity index (χ1n) is 11.6. The molecular weight excluding hydrogens is 454 g/mol. The molecule has 1 aliphatic rings. The Morgan fingerprint density at radius 2 is 2.06 bits per heavy atom. The maximum atomic E-state index is 13.5. The third-order valence-corrected chi connectivity index (χ3v) is 6.14. The van der Waals surface area contributed by atoms with Gasteiger partial charge in [0.05, 0.1) is 24.9 Å². The zero-order valence-corrected chi connectivity index (χ0v) is 19.4. The van der Waals surface area contributed by atoms with Crippen molar-refractivity contribution in [2.24, 2.45) is 27.2 Å². The molecule has 0 bridgehead atoms. The van der Waals surface area contributed by atoms with Crippen molar-refractivity contribution in [3.05, 3.63) is 55.5 Å². The Morgan fingerprint density at radius 1 is 1.29 bits per heavy atom. The number of ether oxygens (including phenoxy) is 1. The van der Waals surface area contributed by atoms with Gasteiger partial charge in [0.1, 0.15) is 12.2 Å². The molecule has 1 amide bonds. The number of amides is 1. The highest BCUT2D eigenvalue weighted by atomic mass is 16.5. The quantitative estimate of drug-likeness (QED) is 0.0630. The second kappa shape index (κ2) is 13.1. The van der Waals surface area contributed by atoms with Crippen LogP contribution in [0.3, 0.4) is 0 Å². The third kappa shape index (κ3) is 6.60. The van der Waals surface area contributed by atoms with Crippen molar-refractivity contribution in [1.82, 2.24) is 14.4 Å². The average molecular weight is 484 g/mol. The fourth-order valence-corrected chi connectivity index (χ4v) is 4.33. The van der Waals surface area contributed by atoms with E-state index in [0.29, 0.717) is 36.8 Å². The minimum atomic E-state index is -0.711. The van der Waals surface area contributed by atoms with Crippen LogP contribution in [0.15, 0.2) is 33.7 Å². The molecule has 2 aromatic rings. The van der Waals surface area contributed by atoms with Crippen molar-refractivity contribution in [3.8, 4) is 5.75 Å². The Morgan fingerprint density at radius 3 is 2.77 bits per heavy atom. The minimum absolute atomic E-state index is 0.115. The van der Waals surface area contributed by atoms with Gasteiger partial charge in [-0.15, -0.1) is 0 Å². The number of hydrazine groups is 1. The molecule has 14 nitrogen and oxygen atoms in total. The molecule has 1 saturated carbocycles. The Labute approximate surface area is 201 Å². The Balaban J connectivity index is 1.90. The molecule has 14 heteroatoms. The Hall–Kier alpha value is -3.86. The minimum Gasteiger partial charge on any atom is -0.489 e. The van der Waals surface area contributed by atoms with E-state index in [9.17, 15) is 9.70 Å². The van der Waals surface area contributed by atoms with Crippen LogP contribution in [-0.4, -0.2) is 46.0 Å². The van der Waals surface area contributed by atoms with Crippen molar-refractivity contribution in [2.75, 3.05) is 19.7 Å². The molecular formula is C21H29N11O3. The van der Waals surface area contributed by atoms with E-state index >= 15 is 0 Å². The van der Waals surface area contributed by atoms with E-state index in [-0.39, 0.29) is 31.0 Å². The van der Waals surface area contributed by atoms with Crippen LogP contribution in [0.1, 0.15) is 61.1 Å². The summed E-state index contributed by atoms with van der Waals surface area (Å²) in [4.78, 5) is 34.4. The number of nitrogens with zero attached hydrogens (tertiary/aromatic N) is 10. The number of fused-ring (bicyclic) bond motifs is 1. The molecule has 1 aliphatic carbocycles. The number of pyridine rings is 1. The van der Waals surface area contributed by atoms with Crippen LogP contribution in [0.5, 0.6) is 5.75 Å². The normalized spacial score (nSPS) is 14.5. The predicted octanol–water partition coefficient (Wildman–Crippen LogP) is 4.65. The van der Waals surface area contributed by atoms with E-state index in [4.69, 9.17) is 21.6 Å². The standard InChI is InChI=1S/C21H29N11O3/c22-29-25-10-4-8-16(12-27-34)32(24)21(33)19-17(13-26-30-23)28-20-18(9-5-11-31(19)20)35-14-15-6-2-1-3-7-15/h5,9,11,15-16H,1-4,6-8,10,12-14,24H2/t16-/m0/s1. The molecule has 0 unspecified atom stereocenters. The van der Waals surface area contributed by atoms with Gasteiger partial charge in [-0.05, 0) is 54.8 Å². The number of rotatable bonds is 13. The van der Waals surface area contributed by atoms with E-state index in [0.717, 1.165) is 17.9 Å². The molecule has 3 rings (SSSR count). The SMILES string of the molecule is [N-]=[N+]=NCCC[C@@H](CN=O)N(N)C(=O)c1c(CN=[N+]=[N-])nc2c(OCC3CCCCC3)cccn12. The fourth-order valence-electron chi connectivity index (χ4n) is 4.33. The van der Waals surface area contributed by atoms with Gasteiger partial charge in [0.15, 0.2) is 11.4 Å². The molecule has 0 saturated heterocycles. The lowest BCUT2D eigenvalue weighted by molar-refractivity contribution is 0.0664. The molecule has 1 atom stereocenters. The van der Waals surface area contributed by atoms with Crippen molar-refractivity contribution in [1.29, 1.82) is 0 Å². The largest absolute Gasteiger partial charge is 0.489 e. The maximum absolute atomic E-state index is 13.5.